The topological polar surface area (TPSA) is 44.7 Å². The molecule has 0 amide bonds. The fourth-order valence-electron chi connectivity index (χ4n) is 3.01. The lowest BCUT2D eigenvalue weighted by atomic mass is 9.93. The van der Waals surface area contributed by atoms with Crippen molar-refractivity contribution in [2.75, 3.05) is 38.8 Å². The average molecular weight is 278 g/mol. The molecule has 4 nitrogen and oxygen atoms in total. The Hall–Kier alpha value is -1.26. The van der Waals surface area contributed by atoms with Crippen LogP contribution in [0.2, 0.25) is 0 Å². The standard InChI is InChI=1S/C16H26N2O2/c1-4-17-16(12-19,13-9-10-13)11-18(2)14-7-5-6-8-15(14)20-3/h5-8,13,17,19H,4,9-12H2,1-3H3. The summed E-state index contributed by atoms with van der Waals surface area (Å²) >= 11 is 0. The minimum absolute atomic E-state index is 0.172. The van der Waals surface area contributed by atoms with Crippen molar-refractivity contribution in [2.45, 2.75) is 25.3 Å². The molecule has 4 heteroatoms. The van der Waals surface area contributed by atoms with Crippen LogP contribution >= 0.6 is 0 Å². The second-order valence-corrected chi connectivity index (χ2v) is 5.65. The molecule has 1 fully saturated rings. The lowest BCUT2D eigenvalue weighted by Gasteiger charge is -2.38. The molecule has 0 radical (unpaired) electrons. The van der Waals surface area contributed by atoms with Crippen LogP contribution in [0.1, 0.15) is 19.8 Å². The third kappa shape index (κ3) is 3.07. The van der Waals surface area contributed by atoms with Gasteiger partial charge in [-0.2, -0.15) is 0 Å². The fourth-order valence-corrected chi connectivity index (χ4v) is 3.01. The third-order valence-electron chi connectivity index (χ3n) is 4.19. The van der Waals surface area contributed by atoms with E-state index in [1.54, 1.807) is 7.11 Å². The van der Waals surface area contributed by atoms with Crippen LogP contribution in [0.15, 0.2) is 24.3 Å². The summed E-state index contributed by atoms with van der Waals surface area (Å²) in [5.74, 6) is 1.44. The largest absolute Gasteiger partial charge is 0.495 e. The molecule has 1 aromatic carbocycles. The number of ether oxygens (including phenoxy) is 1. The summed E-state index contributed by atoms with van der Waals surface area (Å²) in [5, 5.41) is 13.4. The van der Waals surface area contributed by atoms with Crippen molar-refractivity contribution < 1.29 is 9.84 Å². The van der Waals surface area contributed by atoms with Gasteiger partial charge in [-0.15, -0.1) is 0 Å². The highest BCUT2D eigenvalue weighted by Gasteiger charge is 2.45. The molecule has 0 spiro atoms. The number of nitrogens with one attached hydrogen (secondary N) is 1. The molecular formula is C16H26N2O2. The van der Waals surface area contributed by atoms with Gasteiger partial charge in [0.05, 0.1) is 24.9 Å². The molecule has 2 rings (SSSR count). The van der Waals surface area contributed by atoms with E-state index in [1.807, 2.05) is 18.2 Å². The highest BCUT2D eigenvalue weighted by molar-refractivity contribution is 5.58. The molecule has 0 bridgehead atoms. The predicted octanol–water partition coefficient (Wildman–Crippen LogP) is 1.88. The van der Waals surface area contributed by atoms with Gasteiger partial charge in [0.25, 0.3) is 0 Å². The lowest BCUT2D eigenvalue weighted by Crippen LogP contribution is -2.57. The molecule has 0 heterocycles. The average Bonchev–Trinajstić information content (AvgIpc) is 3.31. The van der Waals surface area contributed by atoms with Gasteiger partial charge in [-0.05, 0) is 37.4 Å². The van der Waals surface area contributed by atoms with Crippen molar-refractivity contribution in [3.05, 3.63) is 24.3 Å². The van der Waals surface area contributed by atoms with Crippen LogP contribution in [0.3, 0.4) is 0 Å². The number of anilines is 1. The molecule has 1 atom stereocenters. The molecule has 2 N–H and O–H groups in total. The number of rotatable bonds is 8. The van der Waals surface area contributed by atoms with Gasteiger partial charge in [0, 0.05) is 13.6 Å². The van der Waals surface area contributed by atoms with E-state index in [9.17, 15) is 5.11 Å². The number of nitrogens with zero attached hydrogens (tertiary/aromatic N) is 1. The van der Waals surface area contributed by atoms with E-state index in [0.29, 0.717) is 5.92 Å². The number of benzene rings is 1. The van der Waals surface area contributed by atoms with Gasteiger partial charge in [-0.25, -0.2) is 0 Å². The highest BCUT2D eigenvalue weighted by atomic mass is 16.5. The first-order valence-corrected chi connectivity index (χ1v) is 7.37. The van der Waals surface area contributed by atoms with E-state index < -0.39 is 0 Å². The Kier molecular flexibility index (Phi) is 4.89. The van der Waals surface area contributed by atoms with Crippen LogP contribution in [0.5, 0.6) is 5.75 Å². The van der Waals surface area contributed by atoms with Crippen molar-refractivity contribution in [3.63, 3.8) is 0 Å². The Morgan fingerprint density at radius 2 is 2.10 bits per heavy atom. The minimum Gasteiger partial charge on any atom is -0.495 e. The van der Waals surface area contributed by atoms with Crippen LogP contribution in [-0.4, -0.2) is 44.5 Å². The van der Waals surface area contributed by atoms with E-state index >= 15 is 0 Å². The Labute approximate surface area is 121 Å². The van der Waals surface area contributed by atoms with Gasteiger partial charge in [-0.3, -0.25) is 0 Å². The van der Waals surface area contributed by atoms with Gasteiger partial charge in [0.1, 0.15) is 5.75 Å². The Morgan fingerprint density at radius 3 is 2.65 bits per heavy atom. The van der Waals surface area contributed by atoms with Crippen LogP contribution in [0, 0.1) is 5.92 Å². The maximum absolute atomic E-state index is 9.92. The summed E-state index contributed by atoms with van der Waals surface area (Å²) in [6.45, 7) is 3.92. The van der Waals surface area contributed by atoms with E-state index in [2.05, 4.69) is 30.3 Å². The Balaban J connectivity index is 2.17. The highest BCUT2D eigenvalue weighted by Crippen LogP contribution is 2.41. The summed E-state index contributed by atoms with van der Waals surface area (Å²) < 4.78 is 5.43. The normalized spacial score (nSPS) is 17.6. The van der Waals surface area contributed by atoms with Crippen molar-refractivity contribution in [2.24, 2.45) is 5.92 Å². The van der Waals surface area contributed by atoms with E-state index in [4.69, 9.17) is 4.74 Å². The lowest BCUT2D eigenvalue weighted by molar-refractivity contribution is 0.146. The molecular weight excluding hydrogens is 252 g/mol. The monoisotopic (exact) mass is 278 g/mol. The number of para-hydroxylation sites is 2. The SMILES string of the molecule is CCNC(CO)(CN(C)c1ccccc1OC)C1CC1. The molecule has 0 aliphatic heterocycles. The van der Waals surface area contributed by atoms with Crippen LogP contribution in [-0.2, 0) is 0 Å². The first-order valence-electron chi connectivity index (χ1n) is 7.37. The number of aliphatic hydroxyl groups is 1. The van der Waals surface area contributed by atoms with Crippen molar-refractivity contribution in [1.82, 2.24) is 5.32 Å². The fraction of sp³-hybridized carbons (Fsp3) is 0.625. The van der Waals surface area contributed by atoms with Crippen LogP contribution < -0.4 is 15.0 Å². The maximum Gasteiger partial charge on any atom is 0.142 e. The van der Waals surface area contributed by atoms with Crippen molar-refractivity contribution in [3.8, 4) is 5.75 Å². The Bertz CT molecular complexity index is 434. The summed E-state index contributed by atoms with van der Waals surface area (Å²) in [4.78, 5) is 2.18. The maximum atomic E-state index is 9.92. The van der Waals surface area contributed by atoms with Crippen LogP contribution in [0.25, 0.3) is 0 Å². The summed E-state index contributed by atoms with van der Waals surface area (Å²) in [7, 11) is 3.75. The molecule has 112 valence electrons. The molecule has 1 unspecified atom stereocenters. The van der Waals surface area contributed by atoms with Gasteiger partial charge < -0.3 is 20.1 Å². The molecule has 1 saturated carbocycles. The number of methoxy groups -OCH3 is 1. The summed E-state index contributed by atoms with van der Waals surface area (Å²) in [6.07, 6.45) is 2.40. The molecule has 0 aromatic heterocycles. The number of hydrogen-bond donors (Lipinski definition) is 2. The van der Waals surface area contributed by atoms with E-state index in [1.165, 1.54) is 12.8 Å². The minimum atomic E-state index is -0.204. The second kappa shape index (κ2) is 6.46. The zero-order chi connectivity index (χ0) is 14.6. The van der Waals surface area contributed by atoms with E-state index in [0.717, 1.165) is 24.5 Å². The molecule has 1 aliphatic carbocycles. The van der Waals surface area contributed by atoms with Crippen molar-refractivity contribution >= 4 is 5.69 Å². The first kappa shape index (κ1) is 15.1. The zero-order valence-corrected chi connectivity index (χ0v) is 12.7. The van der Waals surface area contributed by atoms with E-state index in [-0.39, 0.29) is 12.1 Å². The number of hydrogen-bond acceptors (Lipinski definition) is 4. The molecule has 1 aliphatic rings. The summed E-state index contributed by atoms with van der Waals surface area (Å²) in [6, 6.07) is 8.01. The quantitative estimate of drug-likeness (QED) is 0.762. The number of aliphatic hydroxyl groups excluding tert-OH is 1. The number of likely N-dealkylation sites (N-methyl/N-ethyl adjacent to an activating group) is 2. The molecule has 1 aromatic rings. The Morgan fingerprint density at radius 1 is 1.40 bits per heavy atom. The van der Waals surface area contributed by atoms with Crippen molar-refractivity contribution in [1.29, 1.82) is 0 Å². The van der Waals surface area contributed by atoms with Gasteiger partial charge in [0.15, 0.2) is 0 Å². The van der Waals surface area contributed by atoms with Gasteiger partial charge in [0.2, 0.25) is 0 Å². The molecule has 20 heavy (non-hydrogen) atoms. The first-order chi connectivity index (χ1) is 9.66. The predicted molar refractivity (Wildman–Crippen MR) is 82.5 cm³/mol. The van der Waals surface area contributed by atoms with Gasteiger partial charge in [-0.1, -0.05) is 19.1 Å². The zero-order valence-electron chi connectivity index (χ0n) is 12.7. The second-order valence-electron chi connectivity index (χ2n) is 5.65. The van der Waals surface area contributed by atoms with Gasteiger partial charge >= 0.3 is 0 Å². The van der Waals surface area contributed by atoms with Crippen LogP contribution in [0.4, 0.5) is 5.69 Å². The third-order valence-corrected chi connectivity index (χ3v) is 4.19. The summed E-state index contributed by atoms with van der Waals surface area (Å²) in [5.41, 5.74) is 0.857. The smallest absolute Gasteiger partial charge is 0.142 e. The molecule has 0 saturated heterocycles.